The summed E-state index contributed by atoms with van der Waals surface area (Å²) in [6, 6.07) is 4.96. The van der Waals surface area contributed by atoms with Crippen molar-refractivity contribution in [3.63, 3.8) is 0 Å². The molecule has 0 aliphatic heterocycles. The van der Waals surface area contributed by atoms with Crippen molar-refractivity contribution < 1.29 is 14.3 Å². The molecule has 2 N–H and O–H groups in total. The number of benzene rings is 1. The van der Waals surface area contributed by atoms with E-state index < -0.39 is 6.04 Å². The molecule has 1 aromatic heterocycles. The lowest BCUT2D eigenvalue weighted by molar-refractivity contribution is -0.118. The predicted molar refractivity (Wildman–Crippen MR) is 109 cm³/mol. The third-order valence-electron chi connectivity index (χ3n) is 3.74. The summed E-state index contributed by atoms with van der Waals surface area (Å²) in [5, 5.41) is 10.1. The van der Waals surface area contributed by atoms with Crippen LogP contribution in [0.15, 0.2) is 30.6 Å². The van der Waals surface area contributed by atoms with Gasteiger partial charge in [0.15, 0.2) is 11.5 Å². The monoisotopic (exact) mass is 396 g/mol. The van der Waals surface area contributed by atoms with E-state index in [9.17, 15) is 4.79 Å². The zero-order valence-electron chi connectivity index (χ0n) is 16.3. The van der Waals surface area contributed by atoms with Crippen molar-refractivity contribution in [2.45, 2.75) is 32.7 Å². The topological polar surface area (TPSA) is 77.4 Å². The number of halogens is 1. The van der Waals surface area contributed by atoms with Crippen LogP contribution in [0.3, 0.4) is 0 Å². The van der Waals surface area contributed by atoms with Gasteiger partial charge in [0.05, 0.1) is 19.4 Å². The number of rotatable bonds is 10. The van der Waals surface area contributed by atoms with E-state index in [4.69, 9.17) is 9.47 Å². The number of carbonyl (C=O) groups is 1. The van der Waals surface area contributed by atoms with Crippen molar-refractivity contribution in [2.75, 3.05) is 25.6 Å². The number of aryl methyl sites for hydroxylation is 1. The molecule has 27 heavy (non-hydrogen) atoms. The van der Waals surface area contributed by atoms with E-state index in [1.54, 1.807) is 24.0 Å². The quantitative estimate of drug-likeness (QED) is 0.644. The molecule has 0 aliphatic carbocycles. The zero-order valence-corrected chi connectivity index (χ0v) is 17.1. The van der Waals surface area contributed by atoms with E-state index in [0.29, 0.717) is 30.4 Å². The fourth-order valence-corrected chi connectivity index (χ4v) is 2.49. The van der Waals surface area contributed by atoms with Gasteiger partial charge in [-0.05, 0) is 32.0 Å². The van der Waals surface area contributed by atoms with Crippen molar-refractivity contribution in [3.05, 3.63) is 36.2 Å². The highest BCUT2D eigenvalue weighted by Gasteiger charge is 2.20. The average Bonchev–Trinajstić information content (AvgIpc) is 3.05. The molecular weight excluding hydrogens is 368 g/mol. The lowest BCUT2D eigenvalue weighted by Gasteiger charge is -2.17. The highest BCUT2D eigenvalue weighted by molar-refractivity contribution is 5.95. The standard InChI is InChI=1S/C19H28N4O3.ClH/c1-5-9-25-16-8-7-15(11-17(16)26-10-6-2)22-19(24)18(20-3)14-12-21-23(4)13-14;/h7-8,11-13,18,20H,5-6,9-10H2,1-4H3,(H,22,24);1H. The number of hydrogen-bond acceptors (Lipinski definition) is 5. The average molecular weight is 397 g/mol. The lowest BCUT2D eigenvalue weighted by atomic mass is 10.1. The first-order valence-electron chi connectivity index (χ1n) is 8.95. The molecule has 1 amide bonds. The van der Waals surface area contributed by atoms with E-state index in [1.165, 1.54) is 0 Å². The van der Waals surface area contributed by atoms with Gasteiger partial charge in [-0.1, -0.05) is 13.8 Å². The molecule has 0 bridgehead atoms. The number of anilines is 1. The first kappa shape index (κ1) is 22.8. The number of carbonyl (C=O) groups excluding carboxylic acids is 1. The zero-order chi connectivity index (χ0) is 18.9. The number of likely N-dealkylation sites (N-methyl/N-ethyl adjacent to an activating group) is 1. The Morgan fingerprint density at radius 3 is 2.41 bits per heavy atom. The number of nitrogens with one attached hydrogen (secondary N) is 2. The Bertz CT molecular complexity index is 721. The van der Waals surface area contributed by atoms with Gasteiger partial charge in [0.25, 0.3) is 0 Å². The molecule has 150 valence electrons. The molecule has 1 unspecified atom stereocenters. The molecule has 2 aromatic rings. The summed E-state index contributed by atoms with van der Waals surface area (Å²) in [7, 11) is 3.56. The number of hydrogen-bond donors (Lipinski definition) is 2. The Balaban J connectivity index is 0.00000364. The van der Waals surface area contributed by atoms with Crippen molar-refractivity contribution in [3.8, 4) is 11.5 Å². The van der Waals surface area contributed by atoms with Crippen LogP contribution in [0, 0.1) is 0 Å². The molecule has 0 fully saturated rings. The predicted octanol–water partition coefficient (Wildman–Crippen LogP) is 3.32. The summed E-state index contributed by atoms with van der Waals surface area (Å²) in [6.45, 7) is 5.31. The molecule has 1 aromatic carbocycles. The number of amides is 1. The van der Waals surface area contributed by atoms with Gasteiger partial charge < -0.3 is 20.1 Å². The van der Waals surface area contributed by atoms with E-state index in [1.807, 2.05) is 32.3 Å². The summed E-state index contributed by atoms with van der Waals surface area (Å²) in [4.78, 5) is 12.7. The van der Waals surface area contributed by atoms with Crippen LogP contribution in [0.5, 0.6) is 11.5 Å². The van der Waals surface area contributed by atoms with Crippen LogP contribution in [0.25, 0.3) is 0 Å². The Labute approximate surface area is 166 Å². The van der Waals surface area contributed by atoms with Gasteiger partial charge >= 0.3 is 0 Å². The summed E-state index contributed by atoms with van der Waals surface area (Å²) >= 11 is 0. The fourth-order valence-electron chi connectivity index (χ4n) is 2.49. The van der Waals surface area contributed by atoms with Crippen LogP contribution >= 0.6 is 12.4 Å². The molecular formula is C19H29ClN4O3. The van der Waals surface area contributed by atoms with Crippen molar-refractivity contribution in [2.24, 2.45) is 7.05 Å². The van der Waals surface area contributed by atoms with Gasteiger partial charge in [-0.3, -0.25) is 9.48 Å². The van der Waals surface area contributed by atoms with E-state index in [0.717, 1.165) is 18.4 Å². The third-order valence-corrected chi connectivity index (χ3v) is 3.74. The van der Waals surface area contributed by atoms with E-state index >= 15 is 0 Å². The number of aromatic nitrogens is 2. The highest BCUT2D eigenvalue weighted by Crippen LogP contribution is 2.31. The normalized spacial score (nSPS) is 11.4. The summed E-state index contributed by atoms with van der Waals surface area (Å²) in [5.41, 5.74) is 1.46. The maximum Gasteiger partial charge on any atom is 0.246 e. The summed E-state index contributed by atoms with van der Waals surface area (Å²) < 4.78 is 13.2. The second-order valence-corrected chi connectivity index (χ2v) is 6.02. The van der Waals surface area contributed by atoms with E-state index in [-0.39, 0.29) is 18.3 Å². The third kappa shape index (κ3) is 6.45. The Kier molecular flexibility index (Phi) is 9.67. The molecule has 0 saturated carbocycles. The molecule has 1 atom stereocenters. The first-order valence-corrected chi connectivity index (χ1v) is 8.95. The fraction of sp³-hybridized carbons (Fsp3) is 0.474. The maximum absolute atomic E-state index is 12.7. The van der Waals surface area contributed by atoms with Gasteiger partial charge in [0, 0.05) is 30.6 Å². The van der Waals surface area contributed by atoms with Gasteiger partial charge in [-0.15, -0.1) is 12.4 Å². The van der Waals surface area contributed by atoms with Crippen LogP contribution in [0.1, 0.15) is 38.3 Å². The maximum atomic E-state index is 12.7. The van der Waals surface area contributed by atoms with Crippen molar-refractivity contribution >= 4 is 24.0 Å². The molecule has 7 nitrogen and oxygen atoms in total. The number of nitrogens with zero attached hydrogens (tertiary/aromatic N) is 2. The van der Waals surface area contributed by atoms with Crippen molar-refractivity contribution in [1.29, 1.82) is 0 Å². The van der Waals surface area contributed by atoms with Crippen molar-refractivity contribution in [1.82, 2.24) is 15.1 Å². The molecule has 1 heterocycles. The summed E-state index contributed by atoms with van der Waals surface area (Å²) in [6.07, 6.45) is 5.31. The van der Waals surface area contributed by atoms with Crippen LogP contribution < -0.4 is 20.1 Å². The van der Waals surface area contributed by atoms with Gasteiger partial charge in [0.2, 0.25) is 5.91 Å². The van der Waals surface area contributed by atoms with Crippen LogP contribution in [0.4, 0.5) is 5.69 Å². The largest absolute Gasteiger partial charge is 0.490 e. The molecule has 2 rings (SSSR count). The smallest absolute Gasteiger partial charge is 0.246 e. The highest BCUT2D eigenvalue weighted by atomic mass is 35.5. The second kappa shape index (κ2) is 11.5. The minimum absolute atomic E-state index is 0. The molecule has 8 heteroatoms. The second-order valence-electron chi connectivity index (χ2n) is 6.02. The Hall–Kier alpha value is -2.25. The molecule has 0 saturated heterocycles. The van der Waals surface area contributed by atoms with Crippen LogP contribution in [-0.2, 0) is 11.8 Å². The SMILES string of the molecule is CCCOc1ccc(NC(=O)C(NC)c2cnn(C)c2)cc1OCCC.Cl. The van der Waals surface area contributed by atoms with Gasteiger partial charge in [0.1, 0.15) is 6.04 Å². The molecule has 0 radical (unpaired) electrons. The Morgan fingerprint density at radius 2 is 1.85 bits per heavy atom. The first-order chi connectivity index (χ1) is 12.6. The minimum Gasteiger partial charge on any atom is -0.490 e. The van der Waals surface area contributed by atoms with E-state index in [2.05, 4.69) is 22.7 Å². The van der Waals surface area contributed by atoms with Gasteiger partial charge in [-0.25, -0.2) is 0 Å². The number of ether oxygens (including phenoxy) is 2. The molecule has 0 spiro atoms. The van der Waals surface area contributed by atoms with Crippen LogP contribution in [0.2, 0.25) is 0 Å². The van der Waals surface area contributed by atoms with Gasteiger partial charge in [-0.2, -0.15) is 5.10 Å². The summed E-state index contributed by atoms with van der Waals surface area (Å²) in [5.74, 6) is 1.17. The van der Waals surface area contributed by atoms with Crippen LogP contribution in [-0.4, -0.2) is 35.9 Å². The minimum atomic E-state index is -0.486. The lowest BCUT2D eigenvalue weighted by Crippen LogP contribution is -2.30. The molecule has 0 aliphatic rings. The Morgan fingerprint density at radius 1 is 1.19 bits per heavy atom.